The predicted molar refractivity (Wildman–Crippen MR) is 69.6 cm³/mol. The average molecular weight is 224 g/mol. The second-order valence-electron chi connectivity index (χ2n) is 6.54. The van der Waals surface area contributed by atoms with Crippen LogP contribution in [0.1, 0.15) is 46.5 Å². The van der Waals surface area contributed by atoms with Gasteiger partial charge in [0.25, 0.3) is 0 Å². The monoisotopic (exact) mass is 224 g/mol. The largest absolute Gasteiger partial charge is 0.316 e. The highest BCUT2D eigenvalue weighted by Crippen LogP contribution is 2.41. The Morgan fingerprint density at radius 1 is 1.31 bits per heavy atom. The van der Waals surface area contributed by atoms with E-state index in [0.717, 1.165) is 12.0 Å². The van der Waals surface area contributed by atoms with Crippen LogP contribution in [-0.2, 0) is 0 Å². The Labute approximate surface area is 101 Å². The zero-order valence-electron chi connectivity index (χ0n) is 11.4. The van der Waals surface area contributed by atoms with Gasteiger partial charge in [-0.25, -0.2) is 0 Å². The quantitative estimate of drug-likeness (QED) is 0.792. The smallest absolute Gasteiger partial charge is 0.0156 e. The first-order chi connectivity index (χ1) is 7.54. The predicted octanol–water partition coefficient (Wildman–Crippen LogP) is 2.49. The summed E-state index contributed by atoms with van der Waals surface area (Å²) in [6.45, 7) is 9.87. The van der Waals surface area contributed by atoms with Crippen molar-refractivity contribution in [3.63, 3.8) is 0 Å². The van der Waals surface area contributed by atoms with Crippen molar-refractivity contribution in [2.45, 2.75) is 58.5 Å². The molecule has 0 aromatic carbocycles. The van der Waals surface area contributed by atoms with Crippen molar-refractivity contribution in [1.82, 2.24) is 10.2 Å². The van der Waals surface area contributed by atoms with Crippen LogP contribution in [0.2, 0.25) is 0 Å². The molecule has 1 saturated carbocycles. The lowest BCUT2D eigenvalue weighted by atomic mass is 9.85. The Morgan fingerprint density at radius 2 is 2.06 bits per heavy atom. The fourth-order valence-electron chi connectivity index (χ4n) is 3.91. The molecule has 2 heteroatoms. The van der Waals surface area contributed by atoms with Gasteiger partial charge in [0.05, 0.1) is 0 Å². The number of nitrogens with zero attached hydrogens (tertiary/aromatic N) is 1. The fraction of sp³-hybridized carbons (Fsp3) is 1.00. The zero-order chi connectivity index (χ0) is 11.8. The van der Waals surface area contributed by atoms with Crippen molar-refractivity contribution in [3.8, 4) is 0 Å². The molecular formula is C14H28N2. The summed E-state index contributed by atoms with van der Waals surface area (Å²) in [6, 6.07) is 1.53. The lowest BCUT2D eigenvalue weighted by Gasteiger charge is -2.33. The molecule has 1 aliphatic heterocycles. The molecule has 2 nitrogen and oxygen atoms in total. The normalized spacial score (nSPS) is 39.4. The molecule has 1 heterocycles. The van der Waals surface area contributed by atoms with E-state index in [1.165, 1.54) is 38.8 Å². The van der Waals surface area contributed by atoms with Crippen LogP contribution < -0.4 is 5.32 Å². The van der Waals surface area contributed by atoms with E-state index in [0.29, 0.717) is 11.5 Å². The number of likely N-dealkylation sites (tertiary alicyclic amines) is 1. The minimum absolute atomic E-state index is 0.488. The summed E-state index contributed by atoms with van der Waals surface area (Å²) in [5.74, 6) is 0.862. The molecule has 1 aliphatic carbocycles. The van der Waals surface area contributed by atoms with Crippen LogP contribution in [0.4, 0.5) is 0 Å². The van der Waals surface area contributed by atoms with Gasteiger partial charge in [-0.05, 0) is 57.5 Å². The molecule has 1 N–H and O–H groups in total. The van der Waals surface area contributed by atoms with Gasteiger partial charge in [-0.3, -0.25) is 0 Å². The molecule has 0 radical (unpaired) electrons. The van der Waals surface area contributed by atoms with Crippen molar-refractivity contribution in [2.75, 3.05) is 20.1 Å². The summed E-state index contributed by atoms with van der Waals surface area (Å²) in [6.07, 6.45) is 5.59. The van der Waals surface area contributed by atoms with E-state index < -0.39 is 0 Å². The summed E-state index contributed by atoms with van der Waals surface area (Å²) in [7, 11) is 2.14. The van der Waals surface area contributed by atoms with Gasteiger partial charge < -0.3 is 10.2 Å². The van der Waals surface area contributed by atoms with Crippen LogP contribution in [0.3, 0.4) is 0 Å². The molecule has 1 saturated heterocycles. The maximum atomic E-state index is 3.57. The summed E-state index contributed by atoms with van der Waals surface area (Å²) in [5.41, 5.74) is 0.488. The SMILES string of the molecule is CNC1C(CN2CCCC2C)CCC1(C)C. The lowest BCUT2D eigenvalue weighted by Crippen LogP contribution is -2.44. The molecule has 0 spiro atoms. The number of hydrogen-bond donors (Lipinski definition) is 1. The first-order valence-corrected chi connectivity index (χ1v) is 6.96. The number of rotatable bonds is 3. The molecule has 0 amide bonds. The Kier molecular flexibility index (Phi) is 3.60. The van der Waals surface area contributed by atoms with Gasteiger partial charge in [-0.2, -0.15) is 0 Å². The van der Waals surface area contributed by atoms with Gasteiger partial charge in [0.1, 0.15) is 0 Å². The van der Waals surface area contributed by atoms with Gasteiger partial charge in [0.2, 0.25) is 0 Å². The van der Waals surface area contributed by atoms with E-state index in [9.17, 15) is 0 Å². The third-order valence-electron chi connectivity index (χ3n) is 4.94. The third-order valence-corrected chi connectivity index (χ3v) is 4.94. The maximum absolute atomic E-state index is 3.57. The summed E-state index contributed by atoms with van der Waals surface area (Å²) in [4.78, 5) is 2.70. The van der Waals surface area contributed by atoms with Crippen LogP contribution >= 0.6 is 0 Å². The van der Waals surface area contributed by atoms with Gasteiger partial charge in [0, 0.05) is 18.6 Å². The maximum Gasteiger partial charge on any atom is 0.0156 e. The topological polar surface area (TPSA) is 15.3 Å². The van der Waals surface area contributed by atoms with Crippen molar-refractivity contribution in [1.29, 1.82) is 0 Å². The molecule has 94 valence electrons. The molecule has 0 aromatic rings. The van der Waals surface area contributed by atoms with Crippen molar-refractivity contribution in [2.24, 2.45) is 11.3 Å². The van der Waals surface area contributed by atoms with Crippen molar-refractivity contribution < 1.29 is 0 Å². The number of nitrogens with one attached hydrogen (secondary N) is 1. The molecule has 16 heavy (non-hydrogen) atoms. The molecular weight excluding hydrogens is 196 g/mol. The molecule has 2 aliphatic rings. The Bertz CT molecular complexity index is 237. The first kappa shape index (κ1) is 12.4. The molecule has 2 fully saturated rings. The minimum Gasteiger partial charge on any atom is -0.316 e. The molecule has 3 unspecified atom stereocenters. The Morgan fingerprint density at radius 3 is 2.62 bits per heavy atom. The van der Waals surface area contributed by atoms with Gasteiger partial charge >= 0.3 is 0 Å². The lowest BCUT2D eigenvalue weighted by molar-refractivity contribution is 0.185. The zero-order valence-corrected chi connectivity index (χ0v) is 11.4. The van der Waals surface area contributed by atoms with Gasteiger partial charge in [-0.15, -0.1) is 0 Å². The van der Waals surface area contributed by atoms with Crippen LogP contribution in [0, 0.1) is 11.3 Å². The summed E-state index contributed by atoms with van der Waals surface area (Å²) < 4.78 is 0. The number of hydrogen-bond acceptors (Lipinski definition) is 2. The van der Waals surface area contributed by atoms with E-state index in [2.05, 4.69) is 38.0 Å². The molecule has 0 bridgehead atoms. The van der Waals surface area contributed by atoms with E-state index >= 15 is 0 Å². The van der Waals surface area contributed by atoms with E-state index in [4.69, 9.17) is 0 Å². The Balaban J connectivity index is 1.95. The van der Waals surface area contributed by atoms with Crippen LogP contribution in [0.15, 0.2) is 0 Å². The standard InChI is InChI=1S/C14H28N2/c1-11-6-5-9-16(11)10-12-7-8-14(2,3)13(12)15-4/h11-13,15H,5-10H2,1-4H3. The first-order valence-electron chi connectivity index (χ1n) is 6.96. The van der Waals surface area contributed by atoms with Gasteiger partial charge in [-0.1, -0.05) is 13.8 Å². The van der Waals surface area contributed by atoms with Crippen LogP contribution in [0.5, 0.6) is 0 Å². The Hall–Kier alpha value is -0.0800. The second-order valence-corrected chi connectivity index (χ2v) is 6.54. The van der Waals surface area contributed by atoms with Gasteiger partial charge in [0.15, 0.2) is 0 Å². The minimum atomic E-state index is 0.488. The highest BCUT2D eigenvalue weighted by Gasteiger charge is 2.41. The molecule has 3 atom stereocenters. The van der Waals surface area contributed by atoms with Crippen molar-refractivity contribution >= 4 is 0 Å². The second kappa shape index (κ2) is 4.66. The van der Waals surface area contributed by atoms with Crippen LogP contribution in [-0.4, -0.2) is 37.1 Å². The fourth-order valence-corrected chi connectivity index (χ4v) is 3.91. The van der Waals surface area contributed by atoms with E-state index in [1.807, 2.05) is 0 Å². The molecule has 0 aromatic heterocycles. The highest BCUT2D eigenvalue weighted by atomic mass is 15.2. The third kappa shape index (κ3) is 2.28. The van der Waals surface area contributed by atoms with Crippen LogP contribution in [0.25, 0.3) is 0 Å². The highest BCUT2D eigenvalue weighted by molar-refractivity contribution is 4.97. The average Bonchev–Trinajstić information content (AvgIpc) is 2.73. The summed E-state index contributed by atoms with van der Waals surface area (Å²) in [5, 5.41) is 3.57. The van der Waals surface area contributed by atoms with E-state index in [1.54, 1.807) is 0 Å². The summed E-state index contributed by atoms with van der Waals surface area (Å²) >= 11 is 0. The molecule has 2 rings (SSSR count). The van der Waals surface area contributed by atoms with E-state index in [-0.39, 0.29) is 0 Å². The van der Waals surface area contributed by atoms with Crippen molar-refractivity contribution in [3.05, 3.63) is 0 Å².